The normalized spacial score (nSPS) is 15.5. The van der Waals surface area contributed by atoms with Crippen molar-refractivity contribution in [1.29, 1.82) is 0 Å². The monoisotopic (exact) mass is 621 g/mol. The van der Waals surface area contributed by atoms with E-state index in [4.69, 9.17) is 9.26 Å². The van der Waals surface area contributed by atoms with Gasteiger partial charge in [0.2, 0.25) is 5.52 Å². The second-order valence-electron chi connectivity index (χ2n) is 12.6. The molecule has 244 valence electrons. The molecule has 1 N–H and O–H groups in total. The molecule has 1 heterocycles. The van der Waals surface area contributed by atoms with Gasteiger partial charge in [0, 0.05) is 25.2 Å². The first-order chi connectivity index (χ1) is 20.5. The average Bonchev–Trinajstić information content (AvgIpc) is 3.22. The van der Waals surface area contributed by atoms with Gasteiger partial charge >= 0.3 is 7.60 Å². The number of fused-ring (bicyclic) bond motifs is 1. The molecule has 0 saturated heterocycles. The van der Waals surface area contributed by atoms with Crippen molar-refractivity contribution >= 4 is 24.9 Å². The first-order valence-corrected chi connectivity index (χ1v) is 18.2. The van der Waals surface area contributed by atoms with E-state index in [1.54, 1.807) is 45.0 Å². The zero-order chi connectivity index (χ0) is 31.7. The van der Waals surface area contributed by atoms with E-state index in [9.17, 15) is 23.8 Å². The lowest BCUT2D eigenvalue weighted by atomic mass is 9.81. The summed E-state index contributed by atoms with van der Waals surface area (Å²) in [6.07, 6.45) is 18.7. The van der Waals surface area contributed by atoms with Crippen molar-refractivity contribution in [3.8, 4) is 0 Å². The summed E-state index contributed by atoms with van der Waals surface area (Å²) < 4.78 is 23.6. The van der Waals surface area contributed by atoms with Crippen LogP contribution in [0.2, 0.25) is 0 Å². The van der Waals surface area contributed by atoms with Crippen LogP contribution in [-0.4, -0.2) is 53.5 Å². The van der Waals surface area contributed by atoms with E-state index in [0.717, 1.165) is 17.7 Å². The molecule has 0 radical (unpaired) electrons. The number of benzene rings is 1. The minimum absolute atomic E-state index is 0.0435. The Labute approximate surface area is 259 Å². The first kappa shape index (κ1) is 37.3. The minimum Gasteiger partial charge on any atom is -0.381 e. The van der Waals surface area contributed by atoms with Crippen LogP contribution in [0, 0.1) is 11.3 Å². The van der Waals surface area contributed by atoms with Crippen LogP contribution in [-0.2, 0) is 18.6 Å². The maximum atomic E-state index is 13.0. The third kappa shape index (κ3) is 12.2. The van der Waals surface area contributed by atoms with Crippen LogP contribution in [0.1, 0.15) is 145 Å². The summed E-state index contributed by atoms with van der Waals surface area (Å²) in [5, 5.41) is 0. The molecule has 1 aliphatic rings. The van der Waals surface area contributed by atoms with Crippen LogP contribution < -0.4 is 0 Å². The van der Waals surface area contributed by atoms with Crippen molar-refractivity contribution < 1.29 is 33.1 Å². The summed E-state index contributed by atoms with van der Waals surface area (Å²) in [7, 11) is -4.57. The molecule has 0 aliphatic carbocycles. The number of rotatable bonds is 25. The van der Waals surface area contributed by atoms with Gasteiger partial charge in [-0.2, -0.15) is 0 Å². The van der Waals surface area contributed by atoms with E-state index in [0.29, 0.717) is 30.8 Å². The van der Waals surface area contributed by atoms with Crippen molar-refractivity contribution in [2.45, 2.75) is 124 Å². The maximum absolute atomic E-state index is 13.0. The number of hydrogen-bond donors (Lipinski definition) is 1. The Hall–Kier alpha value is -1.86. The number of unbranched alkanes of at least 4 members (excludes halogenated alkanes) is 13. The highest BCUT2D eigenvalue weighted by atomic mass is 31.2. The fourth-order valence-electron chi connectivity index (χ4n) is 5.39. The number of carbonyl (C=O) groups is 3. The Kier molecular flexibility index (Phi) is 16.9. The Morgan fingerprint density at radius 3 is 1.72 bits per heavy atom. The number of carbonyl (C=O) groups excluding carboxylic acids is 3. The van der Waals surface area contributed by atoms with E-state index >= 15 is 0 Å². The highest BCUT2D eigenvalue weighted by Crippen LogP contribution is 2.51. The van der Waals surface area contributed by atoms with Crippen molar-refractivity contribution in [1.82, 2.24) is 4.90 Å². The molecule has 43 heavy (non-hydrogen) atoms. The molecule has 0 aromatic heterocycles. The minimum atomic E-state index is -4.57. The molecule has 0 bridgehead atoms. The Bertz CT molecular complexity index is 1020. The number of imide groups is 1. The standard InChI is InChI=1S/C34H56NO7P/c1-5-6-7-8-9-10-11-12-13-14-15-16-17-20-24-41-25-21-26-42-43(39,40)33(38)34(3,4)28(2)27-35-31(36)29-22-18-19-23-30(29)32(35)37/h18-19,22-23,28H,5-17,20-21,24-27H2,1-4H3,(H,39,40). The van der Waals surface area contributed by atoms with Gasteiger partial charge in [-0.15, -0.1) is 0 Å². The second kappa shape index (κ2) is 19.5. The van der Waals surface area contributed by atoms with E-state index in [1.165, 1.54) is 77.0 Å². The Balaban J connectivity index is 1.53. The van der Waals surface area contributed by atoms with Crippen LogP contribution in [0.4, 0.5) is 0 Å². The van der Waals surface area contributed by atoms with Gasteiger partial charge in [0.05, 0.1) is 17.7 Å². The molecule has 2 rings (SSSR count). The first-order valence-electron chi connectivity index (χ1n) is 16.6. The predicted molar refractivity (Wildman–Crippen MR) is 171 cm³/mol. The summed E-state index contributed by atoms with van der Waals surface area (Å²) in [6, 6.07) is 6.57. The lowest BCUT2D eigenvalue weighted by molar-refractivity contribution is -0.123. The molecule has 2 atom stereocenters. The Morgan fingerprint density at radius 1 is 0.791 bits per heavy atom. The molecule has 0 saturated carbocycles. The van der Waals surface area contributed by atoms with Crippen LogP contribution in [0.3, 0.4) is 0 Å². The Morgan fingerprint density at radius 2 is 1.23 bits per heavy atom. The van der Waals surface area contributed by atoms with Gasteiger partial charge in [-0.25, -0.2) is 0 Å². The van der Waals surface area contributed by atoms with Crippen LogP contribution in [0.15, 0.2) is 24.3 Å². The molecule has 0 spiro atoms. The highest BCUT2D eigenvalue weighted by Gasteiger charge is 2.47. The molecule has 1 aliphatic heterocycles. The molecule has 1 aromatic carbocycles. The maximum Gasteiger partial charge on any atom is 0.394 e. The van der Waals surface area contributed by atoms with E-state index < -0.39 is 36.3 Å². The predicted octanol–water partition coefficient (Wildman–Crippen LogP) is 8.56. The van der Waals surface area contributed by atoms with Gasteiger partial charge in [0.15, 0.2) is 0 Å². The summed E-state index contributed by atoms with van der Waals surface area (Å²) in [6.45, 7) is 7.97. The molecule has 0 fully saturated rings. The summed E-state index contributed by atoms with van der Waals surface area (Å²) in [5.74, 6) is -1.42. The van der Waals surface area contributed by atoms with Gasteiger partial charge in [0.1, 0.15) is 0 Å². The third-order valence-electron chi connectivity index (χ3n) is 8.72. The van der Waals surface area contributed by atoms with E-state index in [-0.39, 0.29) is 13.2 Å². The molecule has 2 amide bonds. The van der Waals surface area contributed by atoms with Crippen molar-refractivity contribution in [2.75, 3.05) is 26.4 Å². The third-order valence-corrected chi connectivity index (χ3v) is 10.3. The number of hydrogen-bond acceptors (Lipinski definition) is 6. The SMILES string of the molecule is CCCCCCCCCCCCCCCCOCCCOP(=O)(O)C(=O)C(C)(C)C(C)CN1C(=O)c2ccccc2C1=O. The fourth-order valence-corrected chi connectivity index (χ4v) is 6.83. The number of nitrogens with zero attached hydrogens (tertiary/aromatic N) is 1. The van der Waals surface area contributed by atoms with Crippen LogP contribution >= 0.6 is 7.60 Å². The van der Waals surface area contributed by atoms with Gasteiger partial charge in [-0.05, 0) is 30.9 Å². The van der Waals surface area contributed by atoms with Crippen molar-refractivity contribution in [3.63, 3.8) is 0 Å². The van der Waals surface area contributed by atoms with Gasteiger partial charge < -0.3 is 14.2 Å². The molecule has 2 unspecified atom stereocenters. The molecule has 1 aromatic rings. The second-order valence-corrected chi connectivity index (χ2v) is 14.3. The molecule has 8 nitrogen and oxygen atoms in total. The van der Waals surface area contributed by atoms with Gasteiger partial charge in [-0.1, -0.05) is 123 Å². The smallest absolute Gasteiger partial charge is 0.381 e. The van der Waals surface area contributed by atoms with Gasteiger partial charge in [-0.3, -0.25) is 23.8 Å². The summed E-state index contributed by atoms with van der Waals surface area (Å²) >= 11 is 0. The van der Waals surface area contributed by atoms with E-state index in [1.807, 2.05) is 0 Å². The largest absolute Gasteiger partial charge is 0.394 e. The summed E-state index contributed by atoms with van der Waals surface area (Å²) in [5.41, 5.74) is -1.57. The van der Waals surface area contributed by atoms with E-state index in [2.05, 4.69) is 6.92 Å². The topological polar surface area (TPSA) is 110 Å². The highest BCUT2D eigenvalue weighted by molar-refractivity contribution is 7.71. The van der Waals surface area contributed by atoms with Gasteiger partial charge in [0.25, 0.3) is 11.8 Å². The van der Waals surface area contributed by atoms with Crippen molar-refractivity contribution in [2.24, 2.45) is 11.3 Å². The molecular weight excluding hydrogens is 565 g/mol. The average molecular weight is 622 g/mol. The number of amides is 2. The zero-order valence-corrected chi connectivity index (χ0v) is 28.0. The van der Waals surface area contributed by atoms with Crippen LogP contribution in [0.25, 0.3) is 0 Å². The zero-order valence-electron chi connectivity index (χ0n) is 27.1. The van der Waals surface area contributed by atoms with Crippen molar-refractivity contribution in [3.05, 3.63) is 35.4 Å². The lowest BCUT2D eigenvalue weighted by Crippen LogP contribution is -2.41. The quantitative estimate of drug-likeness (QED) is 0.0661. The van der Waals surface area contributed by atoms with Crippen LogP contribution in [0.5, 0.6) is 0 Å². The summed E-state index contributed by atoms with van der Waals surface area (Å²) in [4.78, 5) is 50.0. The number of ether oxygens (including phenoxy) is 1. The molecule has 9 heteroatoms. The molecular formula is C34H56NO7P. The lowest BCUT2D eigenvalue weighted by Gasteiger charge is -2.33. The fraction of sp³-hybridized carbons (Fsp3) is 0.735.